The van der Waals surface area contributed by atoms with Gasteiger partial charge in [-0.15, -0.1) is 0 Å². The first kappa shape index (κ1) is 16.5. The Balaban J connectivity index is 1.39. The number of ether oxygens (including phenoxy) is 3. The summed E-state index contributed by atoms with van der Waals surface area (Å²) in [6.07, 6.45) is -0.644. The zero-order valence-electron chi connectivity index (χ0n) is 14.8. The van der Waals surface area contributed by atoms with Crippen LogP contribution in [-0.4, -0.2) is 40.8 Å². The van der Waals surface area contributed by atoms with E-state index in [9.17, 15) is 9.59 Å². The first-order chi connectivity index (χ1) is 13.1. The molecule has 0 spiro atoms. The van der Waals surface area contributed by atoms with Gasteiger partial charge in [-0.3, -0.25) is 9.69 Å². The summed E-state index contributed by atoms with van der Waals surface area (Å²) >= 11 is 0. The topological polar surface area (TPSA) is 68.4 Å². The highest BCUT2D eigenvalue weighted by molar-refractivity contribution is 6.12. The minimum Gasteiger partial charge on any atom is -0.458 e. The van der Waals surface area contributed by atoms with Gasteiger partial charge in [-0.05, 0) is 18.1 Å². The number of carbonyl (C=O) groups excluding carboxylic acids is 2. The van der Waals surface area contributed by atoms with Crippen molar-refractivity contribution < 1.29 is 23.8 Å². The molecular formula is C21H19NO5. The molecule has 0 bridgehead atoms. The Hall–Kier alpha value is -2.70. The smallest absolute Gasteiger partial charge is 0.351 e. The van der Waals surface area contributed by atoms with Crippen LogP contribution >= 0.6 is 0 Å². The van der Waals surface area contributed by atoms with Gasteiger partial charge in [0.2, 0.25) is 0 Å². The van der Waals surface area contributed by atoms with Gasteiger partial charge in [-0.1, -0.05) is 60.7 Å². The second-order valence-corrected chi connectivity index (χ2v) is 7.26. The maximum Gasteiger partial charge on any atom is 0.351 e. The molecule has 4 atom stereocenters. The van der Waals surface area contributed by atoms with Crippen LogP contribution in [0.1, 0.15) is 24.1 Å². The van der Waals surface area contributed by atoms with Crippen LogP contribution in [0.2, 0.25) is 0 Å². The molecule has 138 valence electrons. The van der Waals surface area contributed by atoms with Crippen molar-refractivity contribution in [1.82, 2.24) is 4.90 Å². The van der Waals surface area contributed by atoms with Gasteiger partial charge < -0.3 is 14.2 Å². The van der Waals surface area contributed by atoms with Crippen molar-refractivity contribution in [3.8, 4) is 0 Å². The fraction of sp³-hybridized carbons (Fsp3) is 0.333. The van der Waals surface area contributed by atoms with E-state index in [4.69, 9.17) is 14.2 Å². The summed E-state index contributed by atoms with van der Waals surface area (Å²) in [5.41, 5.74) is -0.695. The highest BCUT2D eigenvalue weighted by atomic mass is 16.7. The highest BCUT2D eigenvalue weighted by Gasteiger charge is 2.86. The lowest BCUT2D eigenvalue weighted by atomic mass is 10.0. The van der Waals surface area contributed by atoms with E-state index in [2.05, 4.69) is 0 Å². The zero-order chi connectivity index (χ0) is 18.6. The standard InChI is InChI=1S/C21H19NO5/c1-20-17-21(27-17,19(24)25-12-14-8-4-2-5-9-14)18(23)22(20)16(13-26-20)15-10-6-3-7-11-15/h2-11,16-17H,12-13H2,1H3/t16-,17+,20-,21+/m1/s1. The molecule has 0 aliphatic carbocycles. The first-order valence-electron chi connectivity index (χ1n) is 8.99. The van der Waals surface area contributed by atoms with E-state index in [1.807, 2.05) is 60.7 Å². The SMILES string of the molecule is C[C@]12OC[C@H](c3ccccc3)N1C(=O)[C@@]1(C(=O)OCc3ccccc3)O[C@H]12. The molecule has 6 heteroatoms. The molecule has 3 saturated heterocycles. The number of morpholine rings is 1. The fourth-order valence-corrected chi connectivity index (χ4v) is 4.22. The predicted molar refractivity (Wildman–Crippen MR) is 94.2 cm³/mol. The molecule has 3 aliphatic rings. The second kappa shape index (κ2) is 5.65. The van der Waals surface area contributed by atoms with Gasteiger partial charge in [-0.2, -0.15) is 0 Å². The van der Waals surface area contributed by atoms with Gasteiger partial charge >= 0.3 is 5.97 Å². The minimum absolute atomic E-state index is 0.102. The third kappa shape index (κ3) is 2.20. The second-order valence-electron chi connectivity index (χ2n) is 7.26. The summed E-state index contributed by atoms with van der Waals surface area (Å²) in [4.78, 5) is 27.6. The number of nitrogens with zero attached hydrogens (tertiary/aromatic N) is 1. The van der Waals surface area contributed by atoms with Crippen molar-refractivity contribution in [2.24, 2.45) is 0 Å². The molecule has 0 aromatic heterocycles. The van der Waals surface area contributed by atoms with Crippen LogP contribution in [0.3, 0.4) is 0 Å². The molecule has 0 N–H and O–H groups in total. The first-order valence-corrected chi connectivity index (χ1v) is 8.99. The normalized spacial score (nSPS) is 33.5. The van der Waals surface area contributed by atoms with Gasteiger partial charge in [0.25, 0.3) is 11.5 Å². The Kier molecular flexibility index (Phi) is 3.44. The highest BCUT2D eigenvalue weighted by Crippen LogP contribution is 2.60. The maximum absolute atomic E-state index is 13.2. The average Bonchev–Trinajstić information content (AvgIpc) is 3.34. The Morgan fingerprint density at radius 3 is 2.52 bits per heavy atom. The van der Waals surface area contributed by atoms with Gasteiger partial charge in [0.05, 0.1) is 12.6 Å². The number of hydrogen-bond acceptors (Lipinski definition) is 5. The maximum atomic E-state index is 13.2. The van der Waals surface area contributed by atoms with Crippen molar-refractivity contribution in [2.75, 3.05) is 6.61 Å². The molecule has 0 unspecified atom stereocenters. The van der Waals surface area contributed by atoms with Crippen LogP contribution < -0.4 is 0 Å². The lowest BCUT2D eigenvalue weighted by Gasteiger charge is -2.31. The van der Waals surface area contributed by atoms with Crippen LogP contribution in [0.5, 0.6) is 0 Å². The van der Waals surface area contributed by atoms with Crippen molar-refractivity contribution in [2.45, 2.75) is 37.0 Å². The number of fused-ring (bicyclic) bond motifs is 3. The molecule has 2 aromatic rings. The van der Waals surface area contributed by atoms with Crippen LogP contribution in [0.25, 0.3) is 0 Å². The summed E-state index contributed by atoms with van der Waals surface area (Å²) in [7, 11) is 0. The predicted octanol–water partition coefficient (Wildman–Crippen LogP) is 2.20. The van der Waals surface area contributed by atoms with Gasteiger partial charge in [0, 0.05) is 0 Å². The van der Waals surface area contributed by atoms with Crippen molar-refractivity contribution in [3.05, 3.63) is 71.8 Å². The monoisotopic (exact) mass is 365 g/mol. The summed E-state index contributed by atoms with van der Waals surface area (Å²) in [5, 5.41) is 0. The van der Waals surface area contributed by atoms with Gasteiger partial charge in [0.1, 0.15) is 6.61 Å². The van der Waals surface area contributed by atoms with Crippen LogP contribution in [-0.2, 0) is 30.4 Å². The van der Waals surface area contributed by atoms with Gasteiger partial charge in [0.15, 0.2) is 11.8 Å². The summed E-state index contributed by atoms with van der Waals surface area (Å²) < 4.78 is 17.0. The molecule has 1 amide bonds. The molecule has 3 aliphatic heterocycles. The van der Waals surface area contributed by atoms with Crippen molar-refractivity contribution >= 4 is 11.9 Å². The molecule has 3 fully saturated rings. The van der Waals surface area contributed by atoms with E-state index in [0.717, 1.165) is 11.1 Å². The van der Waals surface area contributed by atoms with E-state index in [1.165, 1.54) is 0 Å². The number of hydrogen-bond donors (Lipinski definition) is 0. The lowest BCUT2D eigenvalue weighted by molar-refractivity contribution is -0.163. The Labute approximate surface area is 156 Å². The average molecular weight is 365 g/mol. The Morgan fingerprint density at radius 1 is 1.15 bits per heavy atom. The van der Waals surface area contributed by atoms with E-state index >= 15 is 0 Å². The Morgan fingerprint density at radius 2 is 1.81 bits per heavy atom. The number of esters is 1. The molecule has 3 heterocycles. The van der Waals surface area contributed by atoms with Crippen LogP contribution in [0.15, 0.2) is 60.7 Å². The third-order valence-corrected chi connectivity index (χ3v) is 5.66. The van der Waals surface area contributed by atoms with E-state index in [-0.39, 0.29) is 18.6 Å². The van der Waals surface area contributed by atoms with Crippen molar-refractivity contribution in [3.63, 3.8) is 0 Å². The van der Waals surface area contributed by atoms with Crippen molar-refractivity contribution in [1.29, 1.82) is 0 Å². The zero-order valence-corrected chi connectivity index (χ0v) is 14.8. The van der Waals surface area contributed by atoms with E-state index in [0.29, 0.717) is 6.61 Å². The largest absolute Gasteiger partial charge is 0.458 e. The van der Waals surface area contributed by atoms with E-state index < -0.39 is 23.4 Å². The fourth-order valence-electron chi connectivity index (χ4n) is 4.22. The molecule has 27 heavy (non-hydrogen) atoms. The quantitative estimate of drug-likeness (QED) is 0.472. The molecule has 0 radical (unpaired) electrons. The number of amides is 1. The molecule has 5 rings (SSSR count). The summed E-state index contributed by atoms with van der Waals surface area (Å²) in [5.74, 6) is -1.02. The van der Waals surface area contributed by atoms with Crippen LogP contribution in [0, 0.1) is 0 Å². The number of rotatable bonds is 4. The van der Waals surface area contributed by atoms with Gasteiger partial charge in [-0.25, -0.2) is 4.79 Å². The minimum atomic E-state index is -1.57. The van der Waals surface area contributed by atoms with Crippen LogP contribution in [0.4, 0.5) is 0 Å². The number of benzene rings is 2. The number of epoxide rings is 1. The summed E-state index contributed by atoms with van der Waals surface area (Å²) in [6.45, 7) is 2.28. The summed E-state index contributed by atoms with van der Waals surface area (Å²) in [6, 6.07) is 18.8. The Bertz CT molecular complexity index is 901. The molecule has 2 aromatic carbocycles. The number of carbonyl (C=O) groups is 2. The molecular weight excluding hydrogens is 346 g/mol. The molecule has 0 saturated carbocycles. The third-order valence-electron chi connectivity index (χ3n) is 5.66. The van der Waals surface area contributed by atoms with E-state index in [1.54, 1.807) is 11.8 Å². The molecule has 6 nitrogen and oxygen atoms in total. The lowest BCUT2D eigenvalue weighted by Crippen LogP contribution is -2.47.